The van der Waals surface area contributed by atoms with Crippen LogP contribution >= 0.6 is 0 Å². The van der Waals surface area contributed by atoms with E-state index >= 15 is 0 Å². The number of carboxylic acids is 1. The Kier molecular flexibility index (Phi) is 6.81. The zero-order valence-corrected chi connectivity index (χ0v) is 12.3. The topological polar surface area (TPSA) is 133 Å². The number of carbonyl (C=O) groups excluding carboxylic acids is 2. The third-order valence-electron chi connectivity index (χ3n) is 2.89. The monoisotopic (exact) mass is 325 g/mol. The molecular weight excluding hydrogens is 310 g/mol. The van der Waals surface area contributed by atoms with Crippen molar-refractivity contribution in [3.63, 3.8) is 0 Å². The first-order valence-corrected chi connectivity index (χ1v) is 6.50. The van der Waals surface area contributed by atoms with Crippen molar-refractivity contribution in [2.75, 3.05) is 13.7 Å². The van der Waals surface area contributed by atoms with Gasteiger partial charge in [0.05, 0.1) is 17.4 Å². The molecule has 1 aromatic carbocycles. The van der Waals surface area contributed by atoms with Gasteiger partial charge in [-0.1, -0.05) is 0 Å². The molecule has 0 fully saturated rings. The van der Waals surface area contributed by atoms with Crippen molar-refractivity contribution >= 4 is 23.4 Å². The molecule has 9 heteroatoms. The lowest BCUT2D eigenvalue weighted by Gasteiger charge is -2.10. The first kappa shape index (κ1) is 18.2. The van der Waals surface area contributed by atoms with Gasteiger partial charge in [0.1, 0.15) is 6.61 Å². The van der Waals surface area contributed by atoms with E-state index in [0.717, 1.165) is 0 Å². The lowest BCUT2D eigenvalue weighted by atomic mass is 10.0. The minimum atomic E-state index is -1.25. The van der Waals surface area contributed by atoms with E-state index in [4.69, 9.17) is 9.84 Å². The number of carbonyl (C=O) groups is 3. The Labute approximate surface area is 131 Å². The number of hydrogen-bond donors (Lipinski definition) is 1. The summed E-state index contributed by atoms with van der Waals surface area (Å²) in [7, 11) is 1.29. The van der Waals surface area contributed by atoms with Crippen molar-refractivity contribution in [2.45, 2.75) is 13.0 Å². The molecule has 0 heterocycles. The summed E-state index contributed by atoms with van der Waals surface area (Å²) in [4.78, 5) is 44.0. The quantitative estimate of drug-likeness (QED) is 0.307. The molecule has 0 spiro atoms. The van der Waals surface area contributed by atoms with Gasteiger partial charge in [0.15, 0.2) is 0 Å². The summed E-state index contributed by atoms with van der Waals surface area (Å²) in [6.07, 6.45) is -0.526. The van der Waals surface area contributed by atoms with Crippen molar-refractivity contribution in [1.82, 2.24) is 0 Å². The van der Waals surface area contributed by atoms with Crippen LogP contribution in [0, 0.1) is 16.0 Å². The number of aliphatic carboxylic acids is 1. The fraction of sp³-hybridized carbons (Fsp3) is 0.357. The normalized spacial score (nSPS) is 11.5. The van der Waals surface area contributed by atoms with E-state index in [2.05, 4.69) is 4.74 Å². The van der Waals surface area contributed by atoms with E-state index < -0.39 is 35.0 Å². The molecule has 0 saturated heterocycles. The van der Waals surface area contributed by atoms with Crippen molar-refractivity contribution in [2.24, 2.45) is 5.92 Å². The van der Waals surface area contributed by atoms with Gasteiger partial charge in [0, 0.05) is 25.7 Å². The molecular formula is C14H15NO8. The molecule has 1 N–H and O–H groups in total. The molecule has 0 saturated carbocycles. The molecule has 0 aliphatic heterocycles. The highest BCUT2D eigenvalue weighted by molar-refractivity contribution is 6.33. The van der Waals surface area contributed by atoms with E-state index in [9.17, 15) is 24.5 Å². The Hall–Kier alpha value is -2.81. The number of Topliss-reactive ketones (excluding diaryl/α,β-unsaturated/α-hetero) is 1. The zero-order chi connectivity index (χ0) is 17.4. The maximum absolute atomic E-state index is 11.6. The molecule has 0 bridgehead atoms. The van der Waals surface area contributed by atoms with Crippen LogP contribution in [0.4, 0.5) is 5.69 Å². The SMILES string of the molecule is COCC(CC(=O)C(=O)OCc1ccc([N+](=O)[O-])cc1)C(=O)O. The lowest BCUT2D eigenvalue weighted by molar-refractivity contribution is -0.384. The van der Waals surface area contributed by atoms with Gasteiger partial charge in [0.2, 0.25) is 5.78 Å². The fourth-order valence-electron chi connectivity index (χ4n) is 1.67. The second-order valence-electron chi connectivity index (χ2n) is 4.62. The summed E-state index contributed by atoms with van der Waals surface area (Å²) in [6, 6.07) is 5.26. The molecule has 1 aromatic rings. The zero-order valence-electron chi connectivity index (χ0n) is 12.3. The molecule has 9 nitrogen and oxygen atoms in total. The second-order valence-corrected chi connectivity index (χ2v) is 4.62. The maximum Gasteiger partial charge on any atom is 0.374 e. The highest BCUT2D eigenvalue weighted by atomic mass is 16.6. The van der Waals surface area contributed by atoms with Crippen molar-refractivity contribution in [3.05, 3.63) is 39.9 Å². The fourth-order valence-corrected chi connectivity index (χ4v) is 1.67. The second kappa shape index (κ2) is 8.59. The van der Waals surface area contributed by atoms with Crippen molar-refractivity contribution in [1.29, 1.82) is 0 Å². The van der Waals surface area contributed by atoms with Crippen LogP contribution in [0.1, 0.15) is 12.0 Å². The minimum absolute atomic E-state index is 0.111. The number of rotatable bonds is 9. The minimum Gasteiger partial charge on any atom is -0.481 e. The van der Waals surface area contributed by atoms with E-state index in [0.29, 0.717) is 5.56 Å². The molecule has 0 aliphatic rings. The third kappa shape index (κ3) is 5.83. The van der Waals surface area contributed by atoms with E-state index in [1.54, 1.807) is 0 Å². The average molecular weight is 325 g/mol. The van der Waals surface area contributed by atoms with Gasteiger partial charge in [-0.25, -0.2) is 4.79 Å². The number of non-ortho nitro benzene ring substituents is 1. The number of esters is 1. The summed E-state index contributed by atoms with van der Waals surface area (Å²) in [5, 5.41) is 19.4. The summed E-state index contributed by atoms with van der Waals surface area (Å²) < 4.78 is 9.42. The number of benzene rings is 1. The predicted molar refractivity (Wildman–Crippen MR) is 75.5 cm³/mol. The summed E-state index contributed by atoms with van der Waals surface area (Å²) >= 11 is 0. The van der Waals surface area contributed by atoms with Crippen molar-refractivity contribution < 1.29 is 33.9 Å². The Morgan fingerprint density at radius 2 is 1.87 bits per heavy atom. The third-order valence-corrected chi connectivity index (χ3v) is 2.89. The highest BCUT2D eigenvalue weighted by Gasteiger charge is 2.26. The van der Waals surface area contributed by atoms with Crippen LogP contribution in [0.3, 0.4) is 0 Å². The summed E-state index contributed by atoms with van der Waals surface area (Å²) in [6.45, 7) is -0.443. The van der Waals surface area contributed by atoms with Crippen LogP contribution in [0.2, 0.25) is 0 Å². The number of carboxylic acid groups (broad SMARTS) is 1. The van der Waals surface area contributed by atoms with Gasteiger partial charge < -0.3 is 14.6 Å². The van der Waals surface area contributed by atoms with Crippen LogP contribution < -0.4 is 0 Å². The largest absolute Gasteiger partial charge is 0.481 e. The van der Waals surface area contributed by atoms with E-state index in [-0.39, 0.29) is 18.9 Å². The van der Waals surface area contributed by atoms with Gasteiger partial charge >= 0.3 is 11.9 Å². The van der Waals surface area contributed by atoms with E-state index in [1.807, 2.05) is 0 Å². The van der Waals surface area contributed by atoms with Gasteiger partial charge in [-0.2, -0.15) is 0 Å². The molecule has 0 aromatic heterocycles. The number of methoxy groups -OCH3 is 1. The Balaban J connectivity index is 2.53. The highest BCUT2D eigenvalue weighted by Crippen LogP contribution is 2.13. The van der Waals surface area contributed by atoms with Gasteiger partial charge in [-0.05, 0) is 17.7 Å². The maximum atomic E-state index is 11.6. The summed E-state index contributed by atoms with van der Waals surface area (Å²) in [5.41, 5.74) is 0.350. The predicted octanol–water partition coefficient (Wildman–Crippen LogP) is 0.944. The number of nitro groups is 1. The molecule has 1 atom stereocenters. The Morgan fingerprint density at radius 1 is 1.26 bits per heavy atom. The van der Waals surface area contributed by atoms with Gasteiger partial charge in [0.25, 0.3) is 5.69 Å². The molecule has 124 valence electrons. The van der Waals surface area contributed by atoms with Crippen LogP contribution in [0.5, 0.6) is 0 Å². The molecule has 0 aliphatic carbocycles. The molecule has 0 radical (unpaired) electrons. The van der Waals surface area contributed by atoms with Gasteiger partial charge in [-0.3, -0.25) is 19.7 Å². The standard InChI is InChI=1S/C14H15NO8/c1-22-8-10(13(17)18)6-12(16)14(19)23-7-9-2-4-11(5-3-9)15(20)21/h2-5,10H,6-8H2,1H3,(H,17,18). The van der Waals surface area contributed by atoms with Crippen LogP contribution in [-0.4, -0.2) is 41.5 Å². The number of ketones is 1. The Morgan fingerprint density at radius 3 is 2.35 bits per heavy atom. The van der Waals surface area contributed by atoms with E-state index in [1.165, 1.54) is 31.4 Å². The van der Waals surface area contributed by atoms with Crippen LogP contribution in [0.15, 0.2) is 24.3 Å². The number of nitro benzene ring substituents is 1. The van der Waals surface area contributed by atoms with Crippen LogP contribution in [0.25, 0.3) is 0 Å². The Bertz CT molecular complexity index is 595. The number of ether oxygens (including phenoxy) is 2. The first-order valence-electron chi connectivity index (χ1n) is 6.50. The molecule has 23 heavy (non-hydrogen) atoms. The summed E-state index contributed by atoms with van der Waals surface area (Å²) in [5.74, 6) is -4.51. The number of hydrogen-bond acceptors (Lipinski definition) is 7. The molecule has 0 amide bonds. The van der Waals surface area contributed by atoms with Crippen molar-refractivity contribution in [3.8, 4) is 0 Å². The first-order chi connectivity index (χ1) is 10.8. The van der Waals surface area contributed by atoms with Gasteiger partial charge in [-0.15, -0.1) is 0 Å². The number of nitrogens with zero attached hydrogens (tertiary/aromatic N) is 1. The smallest absolute Gasteiger partial charge is 0.374 e. The molecule has 1 unspecified atom stereocenters. The average Bonchev–Trinajstić information content (AvgIpc) is 2.52. The molecule has 1 rings (SSSR count). The lowest BCUT2D eigenvalue weighted by Crippen LogP contribution is -2.27. The van der Waals surface area contributed by atoms with Crippen LogP contribution in [-0.2, 0) is 30.5 Å².